The molecule has 0 atom stereocenters. The van der Waals surface area contributed by atoms with Gasteiger partial charge in [0.2, 0.25) is 0 Å². The van der Waals surface area contributed by atoms with E-state index in [9.17, 15) is 0 Å². The summed E-state index contributed by atoms with van der Waals surface area (Å²) in [6.45, 7) is 13.1. The fraction of sp³-hybridized carbons (Fsp3) is 0.765. The highest BCUT2D eigenvalue weighted by Crippen LogP contribution is 2.19. The van der Waals surface area contributed by atoms with Gasteiger partial charge in [0, 0.05) is 31.8 Å². The van der Waals surface area contributed by atoms with Crippen LogP contribution in [0.2, 0.25) is 0 Å². The van der Waals surface area contributed by atoms with E-state index in [1.807, 2.05) is 6.92 Å². The molecule has 1 rings (SSSR count). The highest BCUT2D eigenvalue weighted by atomic mass is 16.5. The SMILES string of the molecule is CCNCc1cc(CN(CCOC)C(CC)CC)oc1C. The Labute approximate surface area is 129 Å². The monoisotopic (exact) mass is 296 g/mol. The zero-order valence-electron chi connectivity index (χ0n) is 14.4. The molecule has 21 heavy (non-hydrogen) atoms. The number of ether oxygens (including phenoxy) is 1. The first-order chi connectivity index (χ1) is 10.2. The molecule has 4 nitrogen and oxygen atoms in total. The molecular formula is C17H32N2O2. The van der Waals surface area contributed by atoms with Crippen molar-refractivity contribution in [3.05, 3.63) is 23.2 Å². The van der Waals surface area contributed by atoms with Gasteiger partial charge in [-0.15, -0.1) is 0 Å². The predicted molar refractivity (Wildman–Crippen MR) is 87.5 cm³/mol. The maximum Gasteiger partial charge on any atom is 0.118 e. The van der Waals surface area contributed by atoms with Gasteiger partial charge in [0.15, 0.2) is 0 Å². The molecule has 4 heteroatoms. The topological polar surface area (TPSA) is 37.6 Å². The van der Waals surface area contributed by atoms with Crippen LogP contribution in [0, 0.1) is 6.92 Å². The molecule has 0 unspecified atom stereocenters. The van der Waals surface area contributed by atoms with E-state index in [1.54, 1.807) is 7.11 Å². The van der Waals surface area contributed by atoms with E-state index in [-0.39, 0.29) is 0 Å². The van der Waals surface area contributed by atoms with E-state index >= 15 is 0 Å². The van der Waals surface area contributed by atoms with Crippen LogP contribution in [0.15, 0.2) is 10.5 Å². The van der Waals surface area contributed by atoms with E-state index < -0.39 is 0 Å². The van der Waals surface area contributed by atoms with Crippen molar-refractivity contribution in [1.82, 2.24) is 10.2 Å². The van der Waals surface area contributed by atoms with Crippen LogP contribution in [0.5, 0.6) is 0 Å². The normalized spacial score (nSPS) is 11.8. The van der Waals surface area contributed by atoms with E-state index in [1.165, 1.54) is 5.56 Å². The summed E-state index contributed by atoms with van der Waals surface area (Å²) in [7, 11) is 1.76. The van der Waals surface area contributed by atoms with Crippen molar-refractivity contribution in [2.75, 3.05) is 26.8 Å². The molecule has 1 aromatic rings. The van der Waals surface area contributed by atoms with E-state index in [4.69, 9.17) is 9.15 Å². The second kappa shape index (κ2) is 9.98. The minimum atomic E-state index is 0.586. The third-order valence-corrected chi connectivity index (χ3v) is 4.04. The Balaban J connectivity index is 2.72. The van der Waals surface area contributed by atoms with Gasteiger partial charge < -0.3 is 14.5 Å². The van der Waals surface area contributed by atoms with Crippen LogP contribution in [0.1, 0.15) is 50.7 Å². The van der Waals surface area contributed by atoms with Crippen molar-refractivity contribution in [2.45, 2.75) is 59.7 Å². The van der Waals surface area contributed by atoms with Gasteiger partial charge in [-0.25, -0.2) is 0 Å². The fourth-order valence-electron chi connectivity index (χ4n) is 2.71. The van der Waals surface area contributed by atoms with Crippen molar-refractivity contribution < 1.29 is 9.15 Å². The van der Waals surface area contributed by atoms with Gasteiger partial charge in [-0.2, -0.15) is 0 Å². The summed E-state index contributed by atoms with van der Waals surface area (Å²) in [6.07, 6.45) is 2.31. The number of rotatable bonds is 11. The highest BCUT2D eigenvalue weighted by Gasteiger charge is 2.17. The molecule has 1 aromatic heterocycles. The number of furan rings is 1. The minimum Gasteiger partial charge on any atom is -0.465 e. The summed E-state index contributed by atoms with van der Waals surface area (Å²) in [4.78, 5) is 2.47. The lowest BCUT2D eigenvalue weighted by molar-refractivity contribution is 0.104. The number of aryl methyl sites for hydroxylation is 1. The van der Waals surface area contributed by atoms with Gasteiger partial charge in [-0.05, 0) is 32.4 Å². The molecule has 0 amide bonds. The fourth-order valence-corrected chi connectivity index (χ4v) is 2.71. The van der Waals surface area contributed by atoms with E-state index in [2.05, 4.69) is 37.1 Å². The minimum absolute atomic E-state index is 0.586. The highest BCUT2D eigenvalue weighted by molar-refractivity contribution is 5.20. The molecule has 0 saturated heterocycles. The molecule has 1 heterocycles. The van der Waals surface area contributed by atoms with Crippen molar-refractivity contribution in [3.8, 4) is 0 Å². The van der Waals surface area contributed by atoms with E-state index in [0.717, 1.165) is 57.1 Å². The van der Waals surface area contributed by atoms with Crippen LogP contribution >= 0.6 is 0 Å². The van der Waals surface area contributed by atoms with Gasteiger partial charge in [-0.3, -0.25) is 4.90 Å². The Morgan fingerprint density at radius 3 is 2.57 bits per heavy atom. The Hall–Kier alpha value is -0.840. The van der Waals surface area contributed by atoms with Gasteiger partial charge in [0.05, 0.1) is 13.2 Å². The Morgan fingerprint density at radius 1 is 1.29 bits per heavy atom. The molecule has 0 aliphatic carbocycles. The second-order valence-corrected chi connectivity index (χ2v) is 5.51. The summed E-state index contributed by atoms with van der Waals surface area (Å²) in [6, 6.07) is 2.78. The first-order valence-electron chi connectivity index (χ1n) is 8.18. The molecule has 0 fully saturated rings. The predicted octanol–water partition coefficient (Wildman–Crippen LogP) is 3.33. The number of nitrogens with zero attached hydrogens (tertiary/aromatic N) is 1. The summed E-state index contributed by atoms with van der Waals surface area (Å²) in [5, 5.41) is 3.36. The number of hydrogen-bond donors (Lipinski definition) is 1. The van der Waals surface area contributed by atoms with Gasteiger partial charge in [-0.1, -0.05) is 20.8 Å². The zero-order valence-corrected chi connectivity index (χ0v) is 14.4. The van der Waals surface area contributed by atoms with Gasteiger partial charge in [0.1, 0.15) is 11.5 Å². The van der Waals surface area contributed by atoms with Crippen molar-refractivity contribution >= 4 is 0 Å². The second-order valence-electron chi connectivity index (χ2n) is 5.51. The van der Waals surface area contributed by atoms with Gasteiger partial charge >= 0.3 is 0 Å². The zero-order chi connectivity index (χ0) is 15.7. The average Bonchev–Trinajstić information content (AvgIpc) is 2.83. The molecule has 0 spiro atoms. The molecule has 1 N–H and O–H groups in total. The Morgan fingerprint density at radius 2 is 2.00 bits per heavy atom. The first-order valence-corrected chi connectivity index (χ1v) is 8.18. The maximum atomic E-state index is 5.94. The van der Waals surface area contributed by atoms with Gasteiger partial charge in [0.25, 0.3) is 0 Å². The van der Waals surface area contributed by atoms with Crippen LogP contribution in [0.4, 0.5) is 0 Å². The Bertz CT molecular complexity index is 386. The van der Waals surface area contributed by atoms with E-state index in [0.29, 0.717) is 6.04 Å². The molecule has 0 radical (unpaired) electrons. The van der Waals surface area contributed by atoms with Crippen molar-refractivity contribution in [2.24, 2.45) is 0 Å². The number of nitrogens with one attached hydrogen (secondary N) is 1. The summed E-state index contributed by atoms with van der Waals surface area (Å²) < 4.78 is 11.2. The van der Waals surface area contributed by atoms with Crippen molar-refractivity contribution in [1.29, 1.82) is 0 Å². The van der Waals surface area contributed by atoms with Crippen LogP contribution in [0.3, 0.4) is 0 Å². The largest absolute Gasteiger partial charge is 0.465 e. The molecule has 122 valence electrons. The molecule has 0 aromatic carbocycles. The molecule has 0 aliphatic rings. The summed E-state index contributed by atoms with van der Waals surface area (Å²) in [5.41, 5.74) is 1.27. The van der Waals surface area contributed by atoms with Crippen molar-refractivity contribution in [3.63, 3.8) is 0 Å². The lowest BCUT2D eigenvalue weighted by Gasteiger charge is -2.29. The number of methoxy groups -OCH3 is 1. The van der Waals surface area contributed by atoms with Crippen LogP contribution in [-0.4, -0.2) is 37.7 Å². The number of hydrogen-bond acceptors (Lipinski definition) is 4. The Kier molecular flexibility index (Phi) is 8.66. The average molecular weight is 296 g/mol. The lowest BCUT2D eigenvalue weighted by Crippen LogP contribution is -2.36. The third-order valence-electron chi connectivity index (χ3n) is 4.04. The molecular weight excluding hydrogens is 264 g/mol. The molecule has 0 saturated carbocycles. The lowest BCUT2D eigenvalue weighted by atomic mass is 10.1. The molecule has 0 bridgehead atoms. The molecule has 0 aliphatic heterocycles. The summed E-state index contributed by atoms with van der Waals surface area (Å²) in [5.74, 6) is 2.09. The van der Waals surface area contributed by atoms with Crippen LogP contribution < -0.4 is 5.32 Å². The third kappa shape index (κ3) is 5.81. The summed E-state index contributed by atoms with van der Waals surface area (Å²) >= 11 is 0. The maximum absolute atomic E-state index is 5.94. The van der Waals surface area contributed by atoms with Crippen LogP contribution in [0.25, 0.3) is 0 Å². The standard InChI is InChI=1S/C17H32N2O2/c1-6-16(7-2)19(9-10-20-5)13-17-11-15(12-18-8-3)14(4)21-17/h11,16,18H,6-10,12-13H2,1-5H3. The first kappa shape index (κ1) is 18.2. The van der Waals surface area contributed by atoms with Crippen LogP contribution in [-0.2, 0) is 17.8 Å². The quantitative estimate of drug-likeness (QED) is 0.679. The smallest absolute Gasteiger partial charge is 0.118 e.